The topological polar surface area (TPSA) is 3.24 Å². The minimum Gasteiger partial charge on any atom is -0.300 e. The van der Waals surface area contributed by atoms with Gasteiger partial charge in [0.1, 0.15) is 0 Å². The Morgan fingerprint density at radius 3 is 2.60 bits per heavy atom. The van der Waals surface area contributed by atoms with E-state index >= 15 is 0 Å². The lowest BCUT2D eigenvalue weighted by Crippen LogP contribution is -2.26. The Morgan fingerprint density at radius 1 is 1.60 bits per heavy atom. The Kier molecular flexibility index (Phi) is 3.05. The molecule has 1 heterocycles. The second-order valence-electron chi connectivity index (χ2n) is 3.03. The number of hydrogen-bond donors (Lipinski definition) is 0. The van der Waals surface area contributed by atoms with Gasteiger partial charge in [0.05, 0.1) is 0 Å². The number of likely N-dealkylation sites (tertiary alicyclic amines) is 1. The predicted octanol–water partition coefficient (Wildman–Crippen LogP) is 1.83. The standard InChI is InChI=1S/C8H17NS/c1-4-9-6-8(10-3)5-7(9)2/h7-8H,4-6H2,1-3H3. The van der Waals surface area contributed by atoms with E-state index in [4.69, 9.17) is 0 Å². The van der Waals surface area contributed by atoms with Crippen LogP contribution < -0.4 is 0 Å². The zero-order chi connectivity index (χ0) is 7.56. The van der Waals surface area contributed by atoms with Crippen molar-refractivity contribution in [3.63, 3.8) is 0 Å². The average Bonchev–Trinajstić information content (AvgIpc) is 2.30. The van der Waals surface area contributed by atoms with Gasteiger partial charge in [-0.3, -0.25) is 4.90 Å². The molecule has 2 atom stereocenters. The number of thioether (sulfide) groups is 1. The molecule has 60 valence electrons. The van der Waals surface area contributed by atoms with Gasteiger partial charge < -0.3 is 0 Å². The van der Waals surface area contributed by atoms with Crippen LogP contribution in [0, 0.1) is 0 Å². The van der Waals surface area contributed by atoms with Gasteiger partial charge in [0.15, 0.2) is 0 Å². The van der Waals surface area contributed by atoms with E-state index in [0.29, 0.717) is 0 Å². The van der Waals surface area contributed by atoms with Gasteiger partial charge in [-0.05, 0) is 26.1 Å². The zero-order valence-electron chi connectivity index (χ0n) is 7.13. The summed E-state index contributed by atoms with van der Waals surface area (Å²) in [5.41, 5.74) is 0. The lowest BCUT2D eigenvalue weighted by molar-refractivity contribution is 0.284. The average molecular weight is 159 g/mol. The highest BCUT2D eigenvalue weighted by Gasteiger charge is 2.26. The van der Waals surface area contributed by atoms with Gasteiger partial charge in [0, 0.05) is 17.8 Å². The fourth-order valence-electron chi connectivity index (χ4n) is 1.66. The molecule has 0 N–H and O–H groups in total. The Labute approximate surface area is 68.2 Å². The molecular formula is C8H17NS. The van der Waals surface area contributed by atoms with Gasteiger partial charge in [-0.25, -0.2) is 0 Å². The summed E-state index contributed by atoms with van der Waals surface area (Å²) in [7, 11) is 0. The maximum atomic E-state index is 2.56. The summed E-state index contributed by atoms with van der Waals surface area (Å²) in [5, 5.41) is 0.898. The second kappa shape index (κ2) is 3.63. The van der Waals surface area contributed by atoms with E-state index in [1.54, 1.807) is 0 Å². The maximum absolute atomic E-state index is 2.56. The van der Waals surface area contributed by atoms with Crippen LogP contribution >= 0.6 is 11.8 Å². The molecule has 1 fully saturated rings. The molecule has 1 saturated heterocycles. The van der Waals surface area contributed by atoms with Gasteiger partial charge >= 0.3 is 0 Å². The molecule has 2 unspecified atom stereocenters. The molecule has 0 aliphatic carbocycles. The quantitative estimate of drug-likeness (QED) is 0.605. The molecule has 0 saturated carbocycles. The van der Waals surface area contributed by atoms with Crippen LogP contribution in [0.15, 0.2) is 0 Å². The Hall–Kier alpha value is 0.310. The molecule has 1 rings (SSSR count). The van der Waals surface area contributed by atoms with E-state index in [1.165, 1.54) is 19.5 Å². The molecule has 0 spiro atoms. The van der Waals surface area contributed by atoms with Crippen molar-refractivity contribution in [3.05, 3.63) is 0 Å². The van der Waals surface area contributed by atoms with Gasteiger partial charge in [0.2, 0.25) is 0 Å². The van der Waals surface area contributed by atoms with Crippen molar-refractivity contribution in [2.75, 3.05) is 19.3 Å². The van der Waals surface area contributed by atoms with Crippen LogP contribution in [0.5, 0.6) is 0 Å². The predicted molar refractivity (Wildman–Crippen MR) is 48.6 cm³/mol. The van der Waals surface area contributed by atoms with E-state index in [9.17, 15) is 0 Å². The zero-order valence-corrected chi connectivity index (χ0v) is 7.95. The van der Waals surface area contributed by atoms with Crippen LogP contribution in [0.4, 0.5) is 0 Å². The highest BCUT2D eigenvalue weighted by atomic mass is 32.2. The molecule has 10 heavy (non-hydrogen) atoms. The molecule has 0 aromatic rings. The molecule has 0 aromatic carbocycles. The summed E-state index contributed by atoms with van der Waals surface area (Å²) in [6.07, 6.45) is 3.60. The minimum absolute atomic E-state index is 0.822. The lowest BCUT2D eigenvalue weighted by Gasteiger charge is -2.17. The van der Waals surface area contributed by atoms with Crippen molar-refractivity contribution >= 4 is 11.8 Å². The molecule has 0 aromatic heterocycles. The Balaban J connectivity index is 2.36. The molecule has 1 aliphatic heterocycles. The first-order valence-electron chi connectivity index (χ1n) is 4.04. The first-order chi connectivity index (χ1) is 4.77. The van der Waals surface area contributed by atoms with Gasteiger partial charge in [-0.2, -0.15) is 11.8 Å². The summed E-state index contributed by atoms with van der Waals surface area (Å²) in [6, 6.07) is 0.822. The SMILES string of the molecule is CCN1CC(SC)CC1C. The van der Waals surface area contributed by atoms with E-state index in [-0.39, 0.29) is 0 Å². The fourth-order valence-corrected chi connectivity index (χ4v) is 2.47. The highest BCUT2D eigenvalue weighted by molar-refractivity contribution is 7.99. The summed E-state index contributed by atoms with van der Waals surface area (Å²) < 4.78 is 0. The molecule has 2 heteroatoms. The first-order valence-corrected chi connectivity index (χ1v) is 5.33. The van der Waals surface area contributed by atoms with Crippen molar-refractivity contribution in [2.45, 2.75) is 31.6 Å². The monoisotopic (exact) mass is 159 g/mol. The van der Waals surface area contributed by atoms with E-state index < -0.39 is 0 Å². The second-order valence-corrected chi connectivity index (χ2v) is 4.17. The van der Waals surface area contributed by atoms with Crippen molar-refractivity contribution in [2.24, 2.45) is 0 Å². The van der Waals surface area contributed by atoms with Crippen molar-refractivity contribution in [1.82, 2.24) is 4.90 Å². The van der Waals surface area contributed by atoms with E-state index in [1.807, 2.05) is 11.8 Å². The summed E-state index contributed by atoms with van der Waals surface area (Å²) in [4.78, 5) is 2.56. The molecule has 1 aliphatic rings. The molecule has 0 radical (unpaired) electrons. The molecule has 0 bridgehead atoms. The van der Waals surface area contributed by atoms with Crippen molar-refractivity contribution in [3.8, 4) is 0 Å². The van der Waals surface area contributed by atoms with Gasteiger partial charge in [0.25, 0.3) is 0 Å². The summed E-state index contributed by atoms with van der Waals surface area (Å²) in [6.45, 7) is 7.11. The lowest BCUT2D eigenvalue weighted by atomic mass is 10.2. The van der Waals surface area contributed by atoms with Crippen molar-refractivity contribution < 1.29 is 0 Å². The fraction of sp³-hybridized carbons (Fsp3) is 1.00. The Morgan fingerprint density at radius 2 is 2.30 bits per heavy atom. The first kappa shape index (κ1) is 8.41. The normalized spacial score (nSPS) is 35.1. The third-order valence-electron chi connectivity index (χ3n) is 2.41. The van der Waals surface area contributed by atoms with Crippen LogP contribution in [0.3, 0.4) is 0 Å². The highest BCUT2D eigenvalue weighted by Crippen LogP contribution is 2.24. The van der Waals surface area contributed by atoms with E-state index in [2.05, 4.69) is 25.0 Å². The van der Waals surface area contributed by atoms with Crippen molar-refractivity contribution in [1.29, 1.82) is 0 Å². The number of rotatable bonds is 2. The number of nitrogens with zero attached hydrogens (tertiary/aromatic N) is 1. The Bertz CT molecular complexity index is 105. The van der Waals surface area contributed by atoms with E-state index in [0.717, 1.165) is 11.3 Å². The summed E-state index contributed by atoms with van der Waals surface area (Å²) >= 11 is 2.01. The molecule has 0 amide bonds. The third kappa shape index (κ3) is 1.67. The molecular weight excluding hydrogens is 142 g/mol. The van der Waals surface area contributed by atoms with Crippen LogP contribution in [0.1, 0.15) is 20.3 Å². The molecule has 1 nitrogen and oxygen atoms in total. The van der Waals surface area contributed by atoms with Crippen LogP contribution in [0.2, 0.25) is 0 Å². The van der Waals surface area contributed by atoms with Gasteiger partial charge in [-0.15, -0.1) is 0 Å². The van der Waals surface area contributed by atoms with Crippen LogP contribution in [-0.2, 0) is 0 Å². The van der Waals surface area contributed by atoms with Crippen LogP contribution in [-0.4, -0.2) is 35.5 Å². The number of hydrogen-bond acceptors (Lipinski definition) is 2. The maximum Gasteiger partial charge on any atom is 0.0187 e. The third-order valence-corrected chi connectivity index (χ3v) is 3.41. The summed E-state index contributed by atoms with van der Waals surface area (Å²) in [5.74, 6) is 0. The largest absolute Gasteiger partial charge is 0.300 e. The van der Waals surface area contributed by atoms with Gasteiger partial charge in [-0.1, -0.05) is 6.92 Å². The minimum atomic E-state index is 0.822. The smallest absolute Gasteiger partial charge is 0.0187 e. The van der Waals surface area contributed by atoms with Crippen LogP contribution in [0.25, 0.3) is 0 Å².